The molecule has 0 bridgehead atoms. The molecule has 0 saturated carbocycles. The van der Waals surface area contributed by atoms with E-state index in [0.29, 0.717) is 10.7 Å². The van der Waals surface area contributed by atoms with E-state index in [0.717, 1.165) is 36.3 Å². The predicted molar refractivity (Wildman–Crippen MR) is 111 cm³/mol. The minimum absolute atomic E-state index is 0.156. The van der Waals surface area contributed by atoms with Gasteiger partial charge in [0.15, 0.2) is 5.11 Å². The molecule has 3 rings (SSSR count). The van der Waals surface area contributed by atoms with Crippen molar-refractivity contribution in [2.24, 2.45) is 0 Å². The average Bonchev–Trinajstić information content (AvgIpc) is 2.68. The molecule has 27 heavy (non-hydrogen) atoms. The van der Waals surface area contributed by atoms with Crippen molar-refractivity contribution in [2.45, 2.75) is 32.2 Å². The monoisotopic (exact) mass is 384 g/mol. The third-order valence-corrected chi connectivity index (χ3v) is 5.18. The van der Waals surface area contributed by atoms with Crippen molar-refractivity contribution in [3.63, 3.8) is 0 Å². The van der Waals surface area contributed by atoms with Crippen molar-refractivity contribution in [3.05, 3.63) is 58.7 Å². The molecule has 0 spiro atoms. The summed E-state index contributed by atoms with van der Waals surface area (Å²) >= 11 is 5.53. The zero-order chi connectivity index (χ0) is 19.4. The van der Waals surface area contributed by atoms with Crippen LogP contribution in [0.25, 0.3) is 0 Å². The molecule has 0 unspecified atom stereocenters. The quantitative estimate of drug-likeness (QED) is 0.610. The highest BCUT2D eigenvalue weighted by atomic mass is 32.1. The molecule has 0 amide bonds. The van der Waals surface area contributed by atoms with Gasteiger partial charge in [0, 0.05) is 5.69 Å². The third kappa shape index (κ3) is 4.22. The first-order valence-corrected chi connectivity index (χ1v) is 9.36. The van der Waals surface area contributed by atoms with E-state index in [1.54, 1.807) is 13.2 Å². The highest BCUT2D eigenvalue weighted by Gasteiger charge is 2.21. The topological polar surface area (TPSA) is 59.6 Å². The fourth-order valence-electron chi connectivity index (χ4n) is 3.49. The number of thiocarbonyl (C=S) groups is 1. The highest BCUT2D eigenvalue weighted by molar-refractivity contribution is 7.80. The summed E-state index contributed by atoms with van der Waals surface area (Å²) in [7, 11) is 3.06. The SMILES string of the molecule is COC(=O)c1cccc(NC(=S)N[C@@H]2CCCc3cc(OC)ccc32)c1C. The van der Waals surface area contributed by atoms with Gasteiger partial charge in [-0.3, -0.25) is 0 Å². The zero-order valence-corrected chi connectivity index (χ0v) is 16.6. The Kier molecular flexibility index (Phi) is 5.96. The fourth-order valence-corrected chi connectivity index (χ4v) is 3.74. The van der Waals surface area contributed by atoms with Crippen LogP contribution in [-0.4, -0.2) is 25.3 Å². The average molecular weight is 385 g/mol. The molecule has 1 aliphatic rings. The van der Waals surface area contributed by atoms with Gasteiger partial charge in [-0.2, -0.15) is 0 Å². The Morgan fingerprint density at radius 2 is 2.04 bits per heavy atom. The lowest BCUT2D eigenvalue weighted by molar-refractivity contribution is 0.0600. The van der Waals surface area contributed by atoms with Crippen LogP contribution in [0.5, 0.6) is 5.75 Å². The summed E-state index contributed by atoms with van der Waals surface area (Å²) in [5.41, 5.74) is 4.68. The minimum atomic E-state index is -0.356. The molecule has 6 heteroatoms. The molecule has 142 valence electrons. The van der Waals surface area contributed by atoms with Crippen molar-refractivity contribution in [3.8, 4) is 5.75 Å². The number of carbonyl (C=O) groups is 1. The number of fused-ring (bicyclic) bond motifs is 1. The summed E-state index contributed by atoms with van der Waals surface area (Å²) in [5.74, 6) is 0.524. The Morgan fingerprint density at radius 3 is 2.78 bits per heavy atom. The Balaban J connectivity index is 1.74. The van der Waals surface area contributed by atoms with Gasteiger partial charge in [0.25, 0.3) is 0 Å². The molecule has 0 radical (unpaired) electrons. The van der Waals surface area contributed by atoms with E-state index in [2.05, 4.69) is 22.8 Å². The molecule has 1 atom stereocenters. The van der Waals surface area contributed by atoms with E-state index in [1.165, 1.54) is 18.2 Å². The van der Waals surface area contributed by atoms with Gasteiger partial charge in [0.2, 0.25) is 0 Å². The van der Waals surface area contributed by atoms with Gasteiger partial charge in [-0.1, -0.05) is 12.1 Å². The maximum absolute atomic E-state index is 11.9. The molecule has 0 aromatic heterocycles. The number of rotatable bonds is 4. The standard InChI is InChI=1S/C21H24N2O3S/c1-13-16(20(24)26-3)7-5-8-18(13)22-21(27)23-19-9-4-6-14-12-15(25-2)10-11-17(14)19/h5,7-8,10-12,19H,4,6,9H2,1-3H3,(H2,22,23,27)/t19-/m1/s1. The van der Waals surface area contributed by atoms with Gasteiger partial charge in [0.1, 0.15) is 5.75 Å². The second-order valence-electron chi connectivity index (χ2n) is 6.58. The Hall–Kier alpha value is -2.60. The molecule has 1 aliphatic carbocycles. The van der Waals surface area contributed by atoms with Gasteiger partial charge >= 0.3 is 5.97 Å². The first-order chi connectivity index (χ1) is 13.0. The largest absolute Gasteiger partial charge is 0.497 e. The minimum Gasteiger partial charge on any atom is -0.497 e. The lowest BCUT2D eigenvalue weighted by Crippen LogP contribution is -2.34. The number of aryl methyl sites for hydroxylation is 1. The summed E-state index contributed by atoms with van der Waals surface area (Å²) < 4.78 is 10.2. The van der Waals surface area contributed by atoms with Gasteiger partial charge in [-0.15, -0.1) is 0 Å². The van der Waals surface area contributed by atoms with Crippen molar-refractivity contribution in [1.82, 2.24) is 5.32 Å². The molecular weight excluding hydrogens is 360 g/mol. The summed E-state index contributed by atoms with van der Waals surface area (Å²) in [6.45, 7) is 1.87. The van der Waals surface area contributed by atoms with Crippen LogP contribution in [0.15, 0.2) is 36.4 Å². The number of ether oxygens (including phenoxy) is 2. The molecule has 0 heterocycles. The fraction of sp³-hybridized carbons (Fsp3) is 0.333. The maximum Gasteiger partial charge on any atom is 0.338 e. The summed E-state index contributed by atoms with van der Waals surface area (Å²) in [4.78, 5) is 11.9. The number of hydrogen-bond acceptors (Lipinski definition) is 4. The molecule has 0 saturated heterocycles. The maximum atomic E-state index is 11.9. The number of methoxy groups -OCH3 is 2. The lowest BCUT2D eigenvalue weighted by atomic mass is 9.87. The summed E-state index contributed by atoms with van der Waals surface area (Å²) in [6.07, 6.45) is 3.16. The van der Waals surface area contributed by atoms with Gasteiger partial charge < -0.3 is 20.1 Å². The molecular formula is C21H24N2O3S. The van der Waals surface area contributed by atoms with Crippen LogP contribution in [-0.2, 0) is 11.2 Å². The highest BCUT2D eigenvalue weighted by Crippen LogP contribution is 2.32. The number of benzene rings is 2. The second kappa shape index (κ2) is 8.39. The molecule has 2 aromatic rings. The number of carbonyl (C=O) groups excluding carboxylic acids is 1. The molecule has 0 aliphatic heterocycles. The number of nitrogens with one attached hydrogen (secondary N) is 2. The smallest absolute Gasteiger partial charge is 0.338 e. The first-order valence-electron chi connectivity index (χ1n) is 8.95. The van der Waals surface area contributed by atoms with Crippen LogP contribution in [0.3, 0.4) is 0 Å². The Labute approximate surface area is 165 Å². The van der Waals surface area contributed by atoms with Crippen molar-refractivity contribution >= 4 is 29.0 Å². The Morgan fingerprint density at radius 1 is 1.22 bits per heavy atom. The van der Waals surface area contributed by atoms with E-state index in [9.17, 15) is 4.79 Å². The number of anilines is 1. The van der Waals surface area contributed by atoms with Crippen LogP contribution in [0.1, 0.15) is 45.9 Å². The van der Waals surface area contributed by atoms with Crippen molar-refractivity contribution in [1.29, 1.82) is 0 Å². The third-order valence-electron chi connectivity index (χ3n) is 4.96. The second-order valence-corrected chi connectivity index (χ2v) is 6.99. The van der Waals surface area contributed by atoms with E-state index < -0.39 is 0 Å². The van der Waals surface area contributed by atoms with E-state index in [1.807, 2.05) is 25.1 Å². The Bertz CT molecular complexity index is 867. The zero-order valence-electron chi connectivity index (χ0n) is 15.8. The molecule has 5 nitrogen and oxygen atoms in total. The van der Waals surface area contributed by atoms with Gasteiger partial charge in [-0.25, -0.2) is 4.79 Å². The van der Waals surface area contributed by atoms with Crippen LogP contribution < -0.4 is 15.4 Å². The normalized spacial score (nSPS) is 15.4. The van der Waals surface area contributed by atoms with Crippen LogP contribution in [0.4, 0.5) is 5.69 Å². The van der Waals surface area contributed by atoms with E-state index in [4.69, 9.17) is 21.7 Å². The number of hydrogen-bond donors (Lipinski definition) is 2. The van der Waals surface area contributed by atoms with Crippen LogP contribution >= 0.6 is 12.2 Å². The van der Waals surface area contributed by atoms with Gasteiger partial charge in [0.05, 0.1) is 25.8 Å². The summed E-state index contributed by atoms with van der Waals surface area (Å²) in [5, 5.41) is 7.17. The predicted octanol–water partition coefficient (Wildman–Crippen LogP) is 4.15. The van der Waals surface area contributed by atoms with E-state index in [-0.39, 0.29) is 12.0 Å². The molecule has 0 fully saturated rings. The summed E-state index contributed by atoms with van der Waals surface area (Å²) in [6, 6.07) is 11.8. The van der Waals surface area contributed by atoms with E-state index >= 15 is 0 Å². The lowest BCUT2D eigenvalue weighted by Gasteiger charge is -2.28. The number of esters is 1. The van der Waals surface area contributed by atoms with Crippen LogP contribution in [0.2, 0.25) is 0 Å². The van der Waals surface area contributed by atoms with Crippen molar-refractivity contribution in [2.75, 3.05) is 19.5 Å². The molecule has 2 aromatic carbocycles. The van der Waals surface area contributed by atoms with Crippen LogP contribution in [0, 0.1) is 6.92 Å². The van der Waals surface area contributed by atoms with Gasteiger partial charge in [-0.05, 0) is 79.4 Å². The first kappa shape index (κ1) is 19.2. The molecule has 2 N–H and O–H groups in total. The van der Waals surface area contributed by atoms with Crippen molar-refractivity contribution < 1.29 is 14.3 Å².